The van der Waals surface area contributed by atoms with Gasteiger partial charge in [0.1, 0.15) is 11.3 Å². The maximum atomic E-state index is 6.14. The maximum absolute atomic E-state index is 6.14. The zero-order chi connectivity index (χ0) is 15.2. The van der Waals surface area contributed by atoms with Gasteiger partial charge in [0, 0.05) is 5.39 Å². The van der Waals surface area contributed by atoms with Crippen LogP contribution in [0.4, 0.5) is 0 Å². The highest BCUT2D eigenvalue weighted by Crippen LogP contribution is 2.32. The van der Waals surface area contributed by atoms with Crippen LogP contribution in [-0.2, 0) is 0 Å². The van der Waals surface area contributed by atoms with E-state index in [1.165, 1.54) is 18.2 Å². The van der Waals surface area contributed by atoms with Crippen molar-refractivity contribution in [3.8, 4) is 0 Å². The molecule has 0 saturated heterocycles. The Balaban J connectivity index is 2.26. The van der Waals surface area contributed by atoms with Gasteiger partial charge in [0.05, 0.1) is 10.5 Å². The van der Waals surface area contributed by atoms with Crippen molar-refractivity contribution >= 4 is 26.9 Å². The number of hydrogen-bond donors (Lipinski definition) is 1. The Labute approximate surface area is 136 Å². The lowest BCUT2D eigenvalue weighted by Gasteiger charge is -2.21. The molecule has 1 N–H and O–H groups in total. The minimum atomic E-state index is 0.314. The third-order valence-electron chi connectivity index (χ3n) is 4.22. The van der Waals surface area contributed by atoms with E-state index >= 15 is 0 Å². The molecule has 116 valence electrons. The van der Waals surface area contributed by atoms with Crippen LogP contribution >= 0.6 is 15.9 Å². The van der Waals surface area contributed by atoms with Gasteiger partial charge in [-0.1, -0.05) is 45.7 Å². The molecule has 0 spiro atoms. The Bertz CT molecular complexity index is 559. The van der Waals surface area contributed by atoms with E-state index in [9.17, 15) is 0 Å². The van der Waals surface area contributed by atoms with Crippen LogP contribution in [0.15, 0.2) is 33.2 Å². The van der Waals surface area contributed by atoms with E-state index in [1.807, 2.05) is 6.07 Å². The lowest BCUT2D eigenvalue weighted by Crippen LogP contribution is -2.24. The first-order valence-electron chi connectivity index (χ1n) is 8.10. The number of fused-ring (bicyclic) bond motifs is 1. The third-order valence-corrected chi connectivity index (χ3v) is 4.85. The lowest BCUT2D eigenvalue weighted by molar-refractivity contribution is 0.335. The maximum Gasteiger partial charge on any atom is 0.148 e. The molecule has 0 aliphatic rings. The molecule has 1 aromatic heterocycles. The van der Waals surface area contributed by atoms with Gasteiger partial charge in [-0.15, -0.1) is 0 Å². The van der Waals surface area contributed by atoms with Crippen molar-refractivity contribution in [2.75, 3.05) is 6.54 Å². The van der Waals surface area contributed by atoms with Crippen molar-refractivity contribution in [2.24, 2.45) is 5.92 Å². The van der Waals surface area contributed by atoms with Gasteiger partial charge in [-0.2, -0.15) is 0 Å². The lowest BCUT2D eigenvalue weighted by atomic mass is 9.93. The van der Waals surface area contributed by atoms with Gasteiger partial charge in [0.25, 0.3) is 0 Å². The number of furan rings is 1. The van der Waals surface area contributed by atoms with E-state index in [0.29, 0.717) is 6.04 Å². The van der Waals surface area contributed by atoms with Crippen LogP contribution in [0.3, 0.4) is 0 Å². The Morgan fingerprint density at radius 1 is 1.19 bits per heavy atom. The van der Waals surface area contributed by atoms with Crippen LogP contribution in [-0.4, -0.2) is 6.54 Å². The molecule has 2 rings (SSSR count). The SMILES string of the molecule is CCCNC(CC(CC)CC)c1cc2cccc(Br)c2o1. The molecule has 1 unspecified atom stereocenters. The zero-order valence-corrected chi connectivity index (χ0v) is 14.9. The Kier molecular flexibility index (Phi) is 6.31. The summed E-state index contributed by atoms with van der Waals surface area (Å²) in [5, 5.41) is 4.83. The van der Waals surface area contributed by atoms with Gasteiger partial charge >= 0.3 is 0 Å². The molecule has 0 aliphatic carbocycles. The summed E-state index contributed by atoms with van der Waals surface area (Å²) in [5.74, 6) is 1.81. The van der Waals surface area contributed by atoms with E-state index in [4.69, 9.17) is 4.42 Å². The third kappa shape index (κ3) is 4.10. The van der Waals surface area contributed by atoms with Crippen LogP contribution < -0.4 is 5.32 Å². The summed E-state index contributed by atoms with van der Waals surface area (Å²) in [4.78, 5) is 0. The number of para-hydroxylation sites is 1. The molecule has 21 heavy (non-hydrogen) atoms. The molecule has 0 aliphatic heterocycles. The Hall–Kier alpha value is -0.800. The van der Waals surface area contributed by atoms with Gasteiger partial charge in [0.15, 0.2) is 0 Å². The highest BCUT2D eigenvalue weighted by Gasteiger charge is 2.20. The molecule has 0 bridgehead atoms. The van der Waals surface area contributed by atoms with Crippen molar-refractivity contribution in [3.63, 3.8) is 0 Å². The van der Waals surface area contributed by atoms with Crippen molar-refractivity contribution < 1.29 is 4.42 Å². The van der Waals surface area contributed by atoms with Gasteiger partial charge < -0.3 is 9.73 Å². The van der Waals surface area contributed by atoms with Crippen molar-refractivity contribution in [3.05, 3.63) is 34.5 Å². The molecule has 1 heterocycles. The van der Waals surface area contributed by atoms with Crippen molar-refractivity contribution in [1.29, 1.82) is 0 Å². The molecule has 1 atom stereocenters. The topological polar surface area (TPSA) is 25.2 Å². The van der Waals surface area contributed by atoms with Gasteiger partial charge in [-0.05, 0) is 53.4 Å². The number of hydrogen-bond acceptors (Lipinski definition) is 2. The molecule has 0 amide bonds. The summed E-state index contributed by atoms with van der Waals surface area (Å²) in [6.07, 6.45) is 4.74. The van der Waals surface area contributed by atoms with Crippen LogP contribution in [0, 0.1) is 5.92 Å². The molecule has 0 fully saturated rings. The molecule has 2 nitrogen and oxygen atoms in total. The first-order valence-corrected chi connectivity index (χ1v) is 8.90. The van der Waals surface area contributed by atoms with Crippen LogP contribution in [0.5, 0.6) is 0 Å². The Morgan fingerprint density at radius 3 is 2.57 bits per heavy atom. The van der Waals surface area contributed by atoms with E-state index in [0.717, 1.165) is 41.1 Å². The predicted octanol–water partition coefficient (Wildman–Crippen LogP) is 6.06. The minimum absolute atomic E-state index is 0.314. The summed E-state index contributed by atoms with van der Waals surface area (Å²) >= 11 is 3.58. The average molecular weight is 352 g/mol. The number of halogens is 1. The average Bonchev–Trinajstić information content (AvgIpc) is 2.93. The zero-order valence-electron chi connectivity index (χ0n) is 13.3. The van der Waals surface area contributed by atoms with Gasteiger partial charge in [-0.3, -0.25) is 0 Å². The second-order valence-corrected chi connectivity index (χ2v) is 6.59. The van der Waals surface area contributed by atoms with E-state index in [-0.39, 0.29) is 0 Å². The summed E-state index contributed by atoms with van der Waals surface area (Å²) in [6, 6.07) is 8.71. The van der Waals surface area contributed by atoms with E-state index in [1.54, 1.807) is 0 Å². The number of nitrogens with one attached hydrogen (secondary N) is 1. The van der Waals surface area contributed by atoms with Crippen molar-refractivity contribution in [1.82, 2.24) is 5.32 Å². The first kappa shape index (κ1) is 16.6. The molecular weight excluding hydrogens is 326 g/mol. The minimum Gasteiger partial charge on any atom is -0.458 e. The fourth-order valence-corrected chi connectivity index (χ4v) is 3.26. The highest BCUT2D eigenvalue weighted by atomic mass is 79.9. The normalized spacial score (nSPS) is 13.2. The largest absolute Gasteiger partial charge is 0.458 e. The number of rotatable bonds is 8. The van der Waals surface area contributed by atoms with E-state index < -0.39 is 0 Å². The van der Waals surface area contributed by atoms with E-state index in [2.05, 4.69) is 60.2 Å². The molecule has 2 aromatic rings. The first-order chi connectivity index (χ1) is 10.2. The monoisotopic (exact) mass is 351 g/mol. The smallest absolute Gasteiger partial charge is 0.148 e. The predicted molar refractivity (Wildman–Crippen MR) is 93.6 cm³/mol. The van der Waals surface area contributed by atoms with Crippen LogP contribution in [0.2, 0.25) is 0 Å². The summed E-state index contributed by atoms with van der Waals surface area (Å²) in [6.45, 7) is 7.79. The molecule has 1 aromatic carbocycles. The fraction of sp³-hybridized carbons (Fsp3) is 0.556. The number of benzene rings is 1. The van der Waals surface area contributed by atoms with Crippen molar-refractivity contribution in [2.45, 2.75) is 52.5 Å². The van der Waals surface area contributed by atoms with Crippen LogP contribution in [0.1, 0.15) is 58.3 Å². The summed E-state index contributed by atoms with van der Waals surface area (Å²) in [5.41, 5.74) is 0.959. The quantitative estimate of drug-likeness (QED) is 0.624. The second-order valence-electron chi connectivity index (χ2n) is 5.73. The molecule has 0 radical (unpaired) electrons. The summed E-state index contributed by atoms with van der Waals surface area (Å²) in [7, 11) is 0. The highest BCUT2D eigenvalue weighted by molar-refractivity contribution is 9.10. The molecular formula is C18H26BrNO. The van der Waals surface area contributed by atoms with Gasteiger partial charge in [0.2, 0.25) is 0 Å². The molecule has 3 heteroatoms. The Morgan fingerprint density at radius 2 is 1.95 bits per heavy atom. The second kappa shape index (κ2) is 8.00. The standard InChI is InChI=1S/C18H26BrNO/c1-4-10-20-16(11-13(5-2)6-3)17-12-14-8-7-9-15(19)18(14)21-17/h7-9,12-13,16,20H,4-6,10-11H2,1-3H3. The van der Waals surface area contributed by atoms with Gasteiger partial charge in [-0.25, -0.2) is 0 Å². The molecule has 0 saturated carbocycles. The summed E-state index contributed by atoms with van der Waals surface area (Å²) < 4.78 is 7.17. The fourth-order valence-electron chi connectivity index (χ4n) is 2.79. The van der Waals surface area contributed by atoms with Crippen LogP contribution in [0.25, 0.3) is 11.0 Å².